The summed E-state index contributed by atoms with van der Waals surface area (Å²) in [6.45, 7) is 1.61. The fourth-order valence-electron chi connectivity index (χ4n) is 1.94. The molecule has 0 aromatic heterocycles. The monoisotopic (exact) mass is 362 g/mol. The van der Waals surface area contributed by atoms with Gasteiger partial charge in [0.1, 0.15) is 17.5 Å². The fraction of sp³-hybridized carbons (Fsp3) is 0.200. The normalized spacial score (nSPS) is 12.5. The summed E-state index contributed by atoms with van der Waals surface area (Å²) in [7, 11) is 0. The summed E-state index contributed by atoms with van der Waals surface area (Å²) in [6.07, 6.45) is 0.0866. The van der Waals surface area contributed by atoms with E-state index in [1.807, 2.05) is 0 Å². The van der Waals surface area contributed by atoms with E-state index in [0.717, 1.165) is 0 Å². The molecule has 0 bridgehead atoms. The standard InChI is InChI=1S/C15H11BrClF3/c1-8-5-9(12(17)7-15(8)20)11(16)6-10-13(18)3-2-4-14(10)19/h2-5,7,11H,6H2,1H3. The van der Waals surface area contributed by atoms with Crippen LogP contribution in [-0.4, -0.2) is 0 Å². The lowest BCUT2D eigenvalue weighted by atomic mass is 10.0. The molecule has 0 N–H and O–H groups in total. The van der Waals surface area contributed by atoms with Gasteiger partial charge in [-0.2, -0.15) is 0 Å². The van der Waals surface area contributed by atoms with Gasteiger partial charge in [-0.3, -0.25) is 0 Å². The van der Waals surface area contributed by atoms with E-state index in [-0.39, 0.29) is 17.0 Å². The molecule has 0 heterocycles. The average molecular weight is 364 g/mol. The van der Waals surface area contributed by atoms with Crippen LogP contribution in [0.4, 0.5) is 13.2 Å². The Morgan fingerprint density at radius 1 is 1.10 bits per heavy atom. The van der Waals surface area contributed by atoms with Crippen LogP contribution in [0.25, 0.3) is 0 Å². The van der Waals surface area contributed by atoms with Gasteiger partial charge in [0, 0.05) is 15.4 Å². The minimum absolute atomic E-state index is 0.0209. The molecule has 0 fully saturated rings. The number of hydrogen-bond donors (Lipinski definition) is 0. The highest BCUT2D eigenvalue weighted by Gasteiger charge is 2.18. The molecule has 0 radical (unpaired) electrons. The lowest BCUT2D eigenvalue weighted by molar-refractivity contribution is 0.554. The van der Waals surface area contributed by atoms with Crippen molar-refractivity contribution >= 4 is 27.5 Å². The largest absolute Gasteiger partial charge is 0.207 e. The van der Waals surface area contributed by atoms with Crippen LogP contribution in [0, 0.1) is 24.4 Å². The maximum absolute atomic E-state index is 13.6. The van der Waals surface area contributed by atoms with E-state index in [9.17, 15) is 13.2 Å². The lowest BCUT2D eigenvalue weighted by Gasteiger charge is -2.14. The van der Waals surface area contributed by atoms with Crippen LogP contribution in [0.1, 0.15) is 21.5 Å². The average Bonchev–Trinajstić information content (AvgIpc) is 2.38. The van der Waals surface area contributed by atoms with Crippen LogP contribution in [0.3, 0.4) is 0 Å². The smallest absolute Gasteiger partial charge is 0.129 e. The Labute approximate surface area is 128 Å². The van der Waals surface area contributed by atoms with Crippen LogP contribution in [-0.2, 0) is 6.42 Å². The van der Waals surface area contributed by atoms with E-state index in [1.54, 1.807) is 13.0 Å². The maximum atomic E-state index is 13.6. The second-order valence-electron chi connectivity index (χ2n) is 4.49. The molecule has 0 aliphatic rings. The molecule has 0 aliphatic heterocycles. The van der Waals surface area contributed by atoms with Crippen molar-refractivity contribution in [1.29, 1.82) is 0 Å². The van der Waals surface area contributed by atoms with Gasteiger partial charge in [0.2, 0.25) is 0 Å². The van der Waals surface area contributed by atoms with Crippen LogP contribution < -0.4 is 0 Å². The van der Waals surface area contributed by atoms with E-state index in [4.69, 9.17) is 11.6 Å². The van der Waals surface area contributed by atoms with Crippen molar-refractivity contribution in [2.45, 2.75) is 18.2 Å². The Morgan fingerprint density at radius 3 is 2.30 bits per heavy atom. The Bertz CT molecular complexity index is 623. The van der Waals surface area contributed by atoms with Crippen LogP contribution in [0.2, 0.25) is 5.02 Å². The fourth-order valence-corrected chi connectivity index (χ4v) is 3.05. The molecule has 2 rings (SSSR count). The molecule has 2 aromatic carbocycles. The quantitative estimate of drug-likeness (QED) is 0.610. The summed E-state index contributed by atoms with van der Waals surface area (Å²) in [5, 5.41) is 0.228. The van der Waals surface area contributed by atoms with Gasteiger partial charge in [-0.05, 0) is 42.7 Å². The van der Waals surface area contributed by atoms with Gasteiger partial charge in [-0.15, -0.1) is 0 Å². The molecule has 2 aromatic rings. The molecule has 1 atom stereocenters. The van der Waals surface area contributed by atoms with Crippen molar-refractivity contribution in [3.63, 3.8) is 0 Å². The van der Waals surface area contributed by atoms with Gasteiger partial charge in [-0.25, -0.2) is 13.2 Å². The molecule has 106 valence electrons. The van der Waals surface area contributed by atoms with Crippen molar-refractivity contribution < 1.29 is 13.2 Å². The summed E-state index contributed by atoms with van der Waals surface area (Å²) in [4.78, 5) is -0.402. The summed E-state index contributed by atoms with van der Waals surface area (Å²) in [5.74, 6) is -1.62. The van der Waals surface area contributed by atoms with Crippen molar-refractivity contribution in [2.24, 2.45) is 0 Å². The first-order valence-electron chi connectivity index (χ1n) is 5.92. The predicted molar refractivity (Wildman–Crippen MR) is 77.9 cm³/mol. The number of hydrogen-bond acceptors (Lipinski definition) is 0. The van der Waals surface area contributed by atoms with Crippen LogP contribution in [0.5, 0.6) is 0 Å². The zero-order chi connectivity index (χ0) is 14.9. The zero-order valence-corrected chi connectivity index (χ0v) is 12.9. The molecule has 1 unspecified atom stereocenters. The predicted octanol–water partition coefficient (Wildman–Crippen LogP) is 5.74. The van der Waals surface area contributed by atoms with E-state index in [0.29, 0.717) is 11.1 Å². The van der Waals surface area contributed by atoms with Crippen LogP contribution in [0.15, 0.2) is 30.3 Å². The highest BCUT2D eigenvalue weighted by Crippen LogP contribution is 2.34. The number of aryl methyl sites for hydroxylation is 1. The van der Waals surface area contributed by atoms with Gasteiger partial charge in [0.25, 0.3) is 0 Å². The summed E-state index contributed by atoms with van der Waals surface area (Å²) >= 11 is 9.35. The van der Waals surface area contributed by atoms with Crippen molar-refractivity contribution in [1.82, 2.24) is 0 Å². The second-order valence-corrected chi connectivity index (χ2v) is 6.01. The molecule has 0 amide bonds. The van der Waals surface area contributed by atoms with Gasteiger partial charge in [-0.1, -0.05) is 39.7 Å². The van der Waals surface area contributed by atoms with E-state index >= 15 is 0 Å². The number of rotatable bonds is 3. The molecular formula is C15H11BrClF3. The number of benzene rings is 2. The summed E-state index contributed by atoms with van der Waals surface area (Å²) in [6, 6.07) is 6.51. The van der Waals surface area contributed by atoms with Crippen molar-refractivity contribution in [3.8, 4) is 0 Å². The first kappa shape index (κ1) is 15.4. The first-order chi connectivity index (χ1) is 9.40. The molecule has 0 saturated heterocycles. The molecule has 20 heavy (non-hydrogen) atoms. The zero-order valence-electron chi connectivity index (χ0n) is 10.6. The third kappa shape index (κ3) is 3.18. The molecular weight excluding hydrogens is 353 g/mol. The highest BCUT2D eigenvalue weighted by molar-refractivity contribution is 9.09. The Kier molecular flexibility index (Phi) is 4.76. The van der Waals surface area contributed by atoms with Gasteiger partial charge in [0.05, 0.1) is 0 Å². The van der Waals surface area contributed by atoms with Crippen molar-refractivity contribution in [3.05, 3.63) is 69.5 Å². The molecule has 0 aliphatic carbocycles. The van der Waals surface area contributed by atoms with Gasteiger partial charge < -0.3 is 0 Å². The summed E-state index contributed by atoms with van der Waals surface area (Å²) in [5.41, 5.74) is 1.02. The topological polar surface area (TPSA) is 0 Å². The minimum Gasteiger partial charge on any atom is -0.207 e. The number of halogens is 5. The number of alkyl halides is 1. The Hall–Kier alpha value is -1.00. The van der Waals surface area contributed by atoms with Crippen molar-refractivity contribution in [2.75, 3.05) is 0 Å². The van der Waals surface area contributed by atoms with E-state index < -0.39 is 22.3 Å². The Morgan fingerprint density at radius 2 is 1.70 bits per heavy atom. The summed E-state index contributed by atoms with van der Waals surface area (Å²) < 4.78 is 40.6. The molecule has 0 spiro atoms. The second kappa shape index (κ2) is 6.19. The van der Waals surface area contributed by atoms with Crippen LogP contribution >= 0.6 is 27.5 Å². The lowest BCUT2D eigenvalue weighted by Crippen LogP contribution is -2.02. The van der Waals surface area contributed by atoms with Gasteiger partial charge >= 0.3 is 0 Å². The SMILES string of the molecule is Cc1cc(C(Br)Cc2c(F)cccc2F)c(Cl)cc1F. The van der Waals surface area contributed by atoms with E-state index in [2.05, 4.69) is 15.9 Å². The minimum atomic E-state index is -0.607. The molecule has 0 saturated carbocycles. The first-order valence-corrected chi connectivity index (χ1v) is 7.22. The highest BCUT2D eigenvalue weighted by atomic mass is 79.9. The van der Waals surface area contributed by atoms with Gasteiger partial charge in [0.15, 0.2) is 0 Å². The third-order valence-electron chi connectivity index (χ3n) is 3.06. The maximum Gasteiger partial charge on any atom is 0.129 e. The molecule has 5 heteroatoms. The Balaban J connectivity index is 2.33. The van der Waals surface area contributed by atoms with E-state index in [1.165, 1.54) is 24.3 Å². The third-order valence-corrected chi connectivity index (χ3v) is 4.20. The molecule has 0 nitrogen and oxygen atoms in total.